The Labute approximate surface area is 209 Å². The van der Waals surface area contributed by atoms with Crippen molar-refractivity contribution in [3.63, 3.8) is 0 Å². The van der Waals surface area contributed by atoms with Gasteiger partial charge >= 0.3 is 17.7 Å². The minimum absolute atomic E-state index is 0.223. The second-order valence-electron chi connectivity index (χ2n) is 9.21. The topological polar surface area (TPSA) is 94.8 Å². The first-order chi connectivity index (χ1) is 16.6. The molecule has 1 N–H and O–H groups in total. The number of carbonyl (C=O) groups is 2. The van der Waals surface area contributed by atoms with E-state index in [0.717, 1.165) is 16.5 Å². The Kier molecular flexibility index (Phi) is 8.62. The van der Waals surface area contributed by atoms with E-state index in [1.54, 1.807) is 44.7 Å². The summed E-state index contributed by atoms with van der Waals surface area (Å²) >= 11 is 1.55. The van der Waals surface area contributed by atoms with Crippen molar-refractivity contribution in [2.75, 3.05) is 12.0 Å². The number of aryl methyl sites for hydroxylation is 1. The minimum atomic E-state index is -0.880. The lowest BCUT2D eigenvalue weighted by atomic mass is 10.00. The average molecular weight is 498 g/mol. The van der Waals surface area contributed by atoms with Gasteiger partial charge in [0.25, 0.3) is 0 Å². The number of fused-ring (bicyclic) bond motifs is 1. The van der Waals surface area contributed by atoms with Crippen LogP contribution in [0.5, 0.6) is 5.75 Å². The summed E-state index contributed by atoms with van der Waals surface area (Å²) in [5.74, 6) is 0.246. The number of hydrogen-bond acceptors (Lipinski definition) is 7. The van der Waals surface area contributed by atoms with Crippen molar-refractivity contribution in [3.05, 3.63) is 75.6 Å². The Morgan fingerprint density at radius 3 is 2.49 bits per heavy atom. The van der Waals surface area contributed by atoms with E-state index in [9.17, 15) is 14.4 Å². The van der Waals surface area contributed by atoms with Crippen molar-refractivity contribution in [1.29, 1.82) is 0 Å². The molecule has 2 aromatic carbocycles. The summed E-state index contributed by atoms with van der Waals surface area (Å²) in [7, 11) is 0. The molecule has 1 heterocycles. The molecular formula is C27H31NO6S. The van der Waals surface area contributed by atoms with Gasteiger partial charge < -0.3 is 19.2 Å². The summed E-state index contributed by atoms with van der Waals surface area (Å²) in [5.41, 5.74) is 1.64. The zero-order valence-electron chi connectivity index (χ0n) is 20.7. The first-order valence-electron chi connectivity index (χ1n) is 11.4. The molecule has 0 aliphatic heterocycles. The summed E-state index contributed by atoms with van der Waals surface area (Å²) in [5, 5.41) is 3.36. The molecule has 0 saturated carbocycles. The first kappa shape index (κ1) is 26.3. The average Bonchev–Trinajstić information content (AvgIpc) is 2.78. The van der Waals surface area contributed by atoms with Crippen LogP contribution in [0.1, 0.15) is 43.9 Å². The van der Waals surface area contributed by atoms with E-state index in [1.807, 2.05) is 43.5 Å². The van der Waals surface area contributed by atoms with E-state index >= 15 is 0 Å². The molecule has 0 aliphatic carbocycles. The van der Waals surface area contributed by atoms with E-state index in [0.29, 0.717) is 29.7 Å². The number of esters is 1. The molecule has 1 atom stereocenters. The van der Waals surface area contributed by atoms with Gasteiger partial charge in [0, 0.05) is 23.4 Å². The summed E-state index contributed by atoms with van der Waals surface area (Å²) in [6.45, 7) is 7.13. The van der Waals surface area contributed by atoms with E-state index < -0.39 is 29.3 Å². The van der Waals surface area contributed by atoms with Crippen molar-refractivity contribution in [3.8, 4) is 5.75 Å². The number of hydrogen-bond donors (Lipinski definition) is 1. The molecule has 7 nitrogen and oxygen atoms in total. The van der Waals surface area contributed by atoms with Crippen LogP contribution < -0.4 is 15.7 Å². The molecule has 35 heavy (non-hydrogen) atoms. The van der Waals surface area contributed by atoms with Gasteiger partial charge in [-0.3, -0.25) is 0 Å². The number of rotatable bonds is 8. The quantitative estimate of drug-likeness (QED) is 0.258. The number of amides is 1. The third kappa shape index (κ3) is 7.36. The molecule has 0 bridgehead atoms. The number of ether oxygens (including phenoxy) is 2. The summed E-state index contributed by atoms with van der Waals surface area (Å²) < 4.78 is 16.4. The highest BCUT2D eigenvalue weighted by Crippen LogP contribution is 2.25. The molecule has 0 saturated heterocycles. The van der Waals surface area contributed by atoms with Crippen molar-refractivity contribution in [2.45, 2.75) is 52.2 Å². The Morgan fingerprint density at radius 2 is 1.83 bits per heavy atom. The SMILES string of the molecule is CSCC[C@H](NC(=O)OC(C)(C)C)C(=O)Oc1ccc2c(C)c(Cc3ccccc3)c(=O)oc2c1. The zero-order chi connectivity index (χ0) is 25.6. The smallest absolute Gasteiger partial charge is 0.408 e. The van der Waals surface area contributed by atoms with Crippen molar-refractivity contribution < 1.29 is 23.5 Å². The minimum Gasteiger partial charge on any atom is -0.444 e. The van der Waals surface area contributed by atoms with Crippen molar-refractivity contribution in [1.82, 2.24) is 5.32 Å². The maximum Gasteiger partial charge on any atom is 0.408 e. The van der Waals surface area contributed by atoms with Crippen LogP contribution in [0.2, 0.25) is 0 Å². The monoisotopic (exact) mass is 497 g/mol. The number of carbonyl (C=O) groups excluding carboxylic acids is 2. The molecule has 1 aromatic heterocycles. The van der Waals surface area contributed by atoms with Gasteiger partial charge in [0.05, 0.1) is 0 Å². The second kappa shape index (κ2) is 11.4. The van der Waals surface area contributed by atoms with Crippen LogP contribution in [0.3, 0.4) is 0 Å². The Balaban J connectivity index is 1.80. The molecule has 3 aromatic rings. The van der Waals surface area contributed by atoms with Crippen LogP contribution in [0.25, 0.3) is 11.0 Å². The van der Waals surface area contributed by atoms with Gasteiger partial charge in [0.1, 0.15) is 23.0 Å². The second-order valence-corrected chi connectivity index (χ2v) is 10.2. The molecule has 0 radical (unpaired) electrons. The maximum absolute atomic E-state index is 12.9. The lowest BCUT2D eigenvalue weighted by Crippen LogP contribution is -2.45. The predicted octanol–water partition coefficient (Wildman–Crippen LogP) is 5.24. The van der Waals surface area contributed by atoms with Crippen LogP contribution >= 0.6 is 11.8 Å². The number of benzene rings is 2. The van der Waals surface area contributed by atoms with Crippen LogP contribution in [0, 0.1) is 6.92 Å². The van der Waals surface area contributed by atoms with Crippen LogP contribution in [0.4, 0.5) is 4.79 Å². The van der Waals surface area contributed by atoms with Gasteiger partial charge in [-0.15, -0.1) is 0 Å². The number of thioether (sulfide) groups is 1. The largest absolute Gasteiger partial charge is 0.444 e. The maximum atomic E-state index is 12.9. The first-order valence-corrected chi connectivity index (χ1v) is 12.8. The van der Waals surface area contributed by atoms with Crippen LogP contribution in [-0.2, 0) is 16.0 Å². The molecular weight excluding hydrogens is 466 g/mol. The van der Waals surface area contributed by atoms with Gasteiger partial charge in [-0.1, -0.05) is 30.3 Å². The van der Waals surface area contributed by atoms with E-state index in [4.69, 9.17) is 13.9 Å². The lowest BCUT2D eigenvalue weighted by Gasteiger charge is -2.22. The van der Waals surface area contributed by atoms with Crippen molar-refractivity contribution in [2.24, 2.45) is 0 Å². The van der Waals surface area contributed by atoms with Gasteiger partial charge in [0.2, 0.25) is 0 Å². The molecule has 0 aliphatic rings. The zero-order valence-corrected chi connectivity index (χ0v) is 21.5. The highest BCUT2D eigenvalue weighted by molar-refractivity contribution is 7.98. The van der Waals surface area contributed by atoms with Crippen LogP contribution in [-0.4, -0.2) is 35.7 Å². The highest BCUT2D eigenvalue weighted by atomic mass is 32.2. The third-order valence-electron chi connectivity index (χ3n) is 5.29. The summed E-state index contributed by atoms with van der Waals surface area (Å²) in [6.07, 6.45) is 2.07. The lowest BCUT2D eigenvalue weighted by molar-refractivity contribution is -0.136. The molecule has 1 amide bonds. The molecule has 0 unspecified atom stereocenters. The molecule has 186 valence electrons. The van der Waals surface area contributed by atoms with Gasteiger partial charge in [-0.05, 0) is 69.4 Å². The fourth-order valence-corrected chi connectivity index (χ4v) is 4.04. The van der Waals surface area contributed by atoms with Crippen molar-refractivity contribution >= 4 is 34.8 Å². The third-order valence-corrected chi connectivity index (χ3v) is 5.93. The van der Waals surface area contributed by atoms with E-state index in [2.05, 4.69) is 5.32 Å². The predicted molar refractivity (Wildman–Crippen MR) is 138 cm³/mol. The Bertz CT molecular complexity index is 1250. The molecule has 0 fully saturated rings. The van der Waals surface area contributed by atoms with Gasteiger partial charge in [-0.25, -0.2) is 14.4 Å². The Morgan fingerprint density at radius 1 is 1.11 bits per heavy atom. The standard InChI is InChI=1S/C27H31NO6S/c1-17-20-12-11-19(16-23(20)33-24(29)21(17)15-18-9-7-6-8-10-18)32-25(30)22(13-14-35-5)28-26(31)34-27(2,3)4/h6-12,16,22H,13-15H2,1-5H3,(H,28,31)/t22-/m0/s1. The number of nitrogens with one attached hydrogen (secondary N) is 1. The van der Waals surface area contributed by atoms with E-state index in [-0.39, 0.29) is 5.75 Å². The van der Waals surface area contributed by atoms with Crippen LogP contribution in [0.15, 0.2) is 57.7 Å². The fourth-order valence-electron chi connectivity index (χ4n) is 3.56. The van der Waals surface area contributed by atoms with Gasteiger partial charge in [0.15, 0.2) is 0 Å². The normalized spacial score (nSPS) is 12.3. The van der Waals surface area contributed by atoms with E-state index in [1.165, 1.54) is 6.07 Å². The highest BCUT2D eigenvalue weighted by Gasteiger charge is 2.26. The van der Waals surface area contributed by atoms with Gasteiger partial charge in [-0.2, -0.15) is 11.8 Å². The Hall–Kier alpha value is -3.26. The molecule has 3 rings (SSSR count). The molecule has 0 spiro atoms. The summed E-state index contributed by atoms with van der Waals surface area (Å²) in [6, 6.07) is 13.8. The fraction of sp³-hybridized carbons (Fsp3) is 0.370. The number of alkyl carbamates (subject to hydrolysis) is 1. The molecule has 8 heteroatoms. The summed E-state index contributed by atoms with van der Waals surface area (Å²) in [4.78, 5) is 37.8.